The van der Waals surface area contributed by atoms with Gasteiger partial charge >= 0.3 is 5.76 Å². The van der Waals surface area contributed by atoms with Crippen molar-refractivity contribution in [1.82, 2.24) is 25.2 Å². The Bertz CT molecular complexity index is 890. The number of anilines is 1. The number of carbonyl (C=O) groups is 2. The summed E-state index contributed by atoms with van der Waals surface area (Å²) in [6.07, 6.45) is 4.11. The number of carbonyl (C=O) groups excluding carboxylic acids is 2. The Morgan fingerprint density at radius 3 is 2.70 bits per heavy atom. The summed E-state index contributed by atoms with van der Waals surface area (Å²) < 4.78 is 6.20. The minimum atomic E-state index is -0.667. The number of amides is 2. The Hall–Kier alpha value is -2.91. The van der Waals surface area contributed by atoms with Crippen LogP contribution in [0.15, 0.2) is 21.7 Å². The van der Waals surface area contributed by atoms with Crippen molar-refractivity contribution in [2.24, 2.45) is 18.4 Å². The number of hydrogen-bond acceptors (Lipinski definition) is 6. The number of rotatable bonds is 4. The third-order valence-electron chi connectivity index (χ3n) is 4.67. The van der Waals surface area contributed by atoms with Gasteiger partial charge in [-0.2, -0.15) is 5.10 Å². The molecule has 0 radical (unpaired) electrons. The number of nitrogens with one attached hydrogen (secondary N) is 2. The molecule has 0 aromatic carbocycles. The van der Waals surface area contributed by atoms with E-state index in [1.807, 2.05) is 20.8 Å². The molecule has 0 aliphatic carbocycles. The Morgan fingerprint density at radius 2 is 2.15 bits per heavy atom. The summed E-state index contributed by atoms with van der Waals surface area (Å²) in [7, 11) is 1.77. The van der Waals surface area contributed by atoms with Crippen molar-refractivity contribution in [3.63, 3.8) is 0 Å². The highest BCUT2D eigenvalue weighted by Crippen LogP contribution is 2.31. The second-order valence-corrected chi connectivity index (χ2v) is 7.90. The smallest absolute Gasteiger partial charge is 0.345 e. The predicted molar refractivity (Wildman–Crippen MR) is 95.7 cm³/mol. The SMILES string of the molecule is Cn1cc(N2CC(C(=O)NC(c3noc(=O)[nH]3)C(C)(C)C)CCC2=O)cn1. The van der Waals surface area contributed by atoms with Crippen LogP contribution >= 0.6 is 0 Å². The zero-order valence-corrected chi connectivity index (χ0v) is 15.9. The van der Waals surface area contributed by atoms with E-state index in [2.05, 4.69) is 25.1 Å². The maximum absolute atomic E-state index is 12.9. The zero-order valence-electron chi connectivity index (χ0n) is 15.9. The standard InChI is InChI=1S/C17H24N6O4/c1-17(2,3)13(14-20-16(26)27-21-14)19-15(25)10-5-6-12(24)23(8-10)11-7-18-22(4)9-11/h7,9-10,13H,5-6,8H2,1-4H3,(H,19,25)(H,20,21,26). The molecule has 27 heavy (non-hydrogen) atoms. The molecule has 3 rings (SSSR count). The Balaban J connectivity index is 1.76. The third-order valence-corrected chi connectivity index (χ3v) is 4.67. The number of aryl methyl sites for hydroxylation is 1. The van der Waals surface area contributed by atoms with Crippen molar-refractivity contribution in [2.75, 3.05) is 11.4 Å². The second kappa shape index (κ2) is 7.01. The van der Waals surface area contributed by atoms with Crippen LogP contribution in [-0.4, -0.2) is 38.3 Å². The van der Waals surface area contributed by atoms with Crippen molar-refractivity contribution < 1.29 is 14.1 Å². The lowest BCUT2D eigenvalue weighted by Gasteiger charge is -2.34. The first kappa shape index (κ1) is 18.9. The highest BCUT2D eigenvalue weighted by atomic mass is 16.5. The Morgan fingerprint density at radius 1 is 1.41 bits per heavy atom. The molecule has 2 N–H and O–H groups in total. The fourth-order valence-electron chi connectivity index (χ4n) is 3.18. The van der Waals surface area contributed by atoms with Crippen LogP contribution < -0.4 is 16.0 Å². The number of piperidine rings is 1. The largest absolute Gasteiger partial charge is 0.438 e. The van der Waals surface area contributed by atoms with E-state index in [0.29, 0.717) is 12.1 Å². The molecule has 0 spiro atoms. The summed E-state index contributed by atoms with van der Waals surface area (Å²) in [6, 6.07) is -0.527. The van der Waals surface area contributed by atoms with Crippen LogP contribution in [-0.2, 0) is 16.6 Å². The van der Waals surface area contributed by atoms with Crippen molar-refractivity contribution in [1.29, 1.82) is 0 Å². The number of aromatic nitrogens is 4. The lowest BCUT2D eigenvalue weighted by Crippen LogP contribution is -2.48. The van der Waals surface area contributed by atoms with Crippen LogP contribution in [0.3, 0.4) is 0 Å². The molecule has 10 heteroatoms. The molecule has 2 unspecified atom stereocenters. The molecule has 146 valence electrons. The second-order valence-electron chi connectivity index (χ2n) is 7.90. The molecule has 0 bridgehead atoms. The zero-order chi connectivity index (χ0) is 19.8. The fourth-order valence-corrected chi connectivity index (χ4v) is 3.18. The molecule has 1 fully saturated rings. The normalized spacial score (nSPS) is 19.2. The predicted octanol–water partition coefficient (Wildman–Crippen LogP) is 0.743. The number of H-pyrrole nitrogens is 1. The average Bonchev–Trinajstić information content (AvgIpc) is 3.20. The maximum atomic E-state index is 12.9. The Kier molecular flexibility index (Phi) is 4.90. The van der Waals surface area contributed by atoms with Crippen LogP contribution in [0.25, 0.3) is 0 Å². The minimum Gasteiger partial charge on any atom is -0.345 e. The quantitative estimate of drug-likeness (QED) is 0.811. The van der Waals surface area contributed by atoms with Gasteiger partial charge < -0.3 is 10.2 Å². The first-order valence-electron chi connectivity index (χ1n) is 8.80. The molecule has 0 saturated carbocycles. The molecule has 2 atom stereocenters. The summed E-state index contributed by atoms with van der Waals surface area (Å²) in [5.41, 5.74) is 0.274. The lowest BCUT2D eigenvalue weighted by atomic mass is 9.85. The van der Waals surface area contributed by atoms with Gasteiger partial charge in [-0.3, -0.25) is 23.8 Å². The topological polar surface area (TPSA) is 126 Å². The molecular formula is C17H24N6O4. The van der Waals surface area contributed by atoms with Gasteiger partial charge in [0, 0.05) is 26.2 Å². The van der Waals surface area contributed by atoms with Gasteiger partial charge in [-0.25, -0.2) is 4.79 Å². The van der Waals surface area contributed by atoms with Crippen molar-refractivity contribution in [2.45, 2.75) is 39.7 Å². The molecule has 10 nitrogen and oxygen atoms in total. The first-order valence-corrected chi connectivity index (χ1v) is 8.80. The monoisotopic (exact) mass is 376 g/mol. The number of hydrogen-bond donors (Lipinski definition) is 2. The van der Waals surface area contributed by atoms with E-state index in [4.69, 9.17) is 0 Å². The average molecular weight is 376 g/mol. The van der Waals surface area contributed by atoms with E-state index >= 15 is 0 Å². The lowest BCUT2D eigenvalue weighted by molar-refractivity contribution is -0.128. The minimum absolute atomic E-state index is 0.0275. The maximum Gasteiger partial charge on any atom is 0.438 e. The van der Waals surface area contributed by atoms with Crippen molar-refractivity contribution in [3.8, 4) is 0 Å². The molecule has 1 saturated heterocycles. The fraction of sp³-hybridized carbons (Fsp3) is 0.588. The first-order chi connectivity index (χ1) is 12.6. The molecule has 1 aliphatic rings. The molecule has 2 aromatic rings. The number of aromatic amines is 1. The molecule has 3 heterocycles. The van der Waals surface area contributed by atoms with Crippen LogP contribution in [0.2, 0.25) is 0 Å². The van der Waals surface area contributed by atoms with Crippen LogP contribution in [0.1, 0.15) is 45.5 Å². The summed E-state index contributed by atoms with van der Waals surface area (Å²) >= 11 is 0. The van der Waals surface area contributed by atoms with E-state index in [9.17, 15) is 14.4 Å². The third kappa shape index (κ3) is 4.09. The summed E-state index contributed by atoms with van der Waals surface area (Å²) in [5.74, 6) is -0.983. The van der Waals surface area contributed by atoms with Gasteiger partial charge in [0.05, 0.1) is 23.8 Å². The Labute approximate surface area is 155 Å². The summed E-state index contributed by atoms with van der Waals surface area (Å²) in [5, 5.41) is 10.8. The van der Waals surface area contributed by atoms with E-state index in [1.165, 1.54) is 0 Å². The summed E-state index contributed by atoms with van der Waals surface area (Å²) in [4.78, 5) is 40.6. The van der Waals surface area contributed by atoms with Gasteiger partial charge in [0.25, 0.3) is 0 Å². The summed E-state index contributed by atoms with van der Waals surface area (Å²) in [6.45, 7) is 6.06. The van der Waals surface area contributed by atoms with Gasteiger partial charge in [-0.05, 0) is 11.8 Å². The molecule has 1 aliphatic heterocycles. The van der Waals surface area contributed by atoms with Gasteiger partial charge in [0.2, 0.25) is 11.8 Å². The van der Waals surface area contributed by atoms with Crippen LogP contribution in [0, 0.1) is 11.3 Å². The highest BCUT2D eigenvalue weighted by Gasteiger charge is 2.36. The molecule has 2 amide bonds. The van der Waals surface area contributed by atoms with E-state index in [-0.39, 0.29) is 36.5 Å². The highest BCUT2D eigenvalue weighted by molar-refractivity contribution is 5.96. The van der Waals surface area contributed by atoms with E-state index < -0.39 is 17.2 Å². The molecular weight excluding hydrogens is 352 g/mol. The van der Waals surface area contributed by atoms with Gasteiger partial charge in [0.1, 0.15) is 0 Å². The van der Waals surface area contributed by atoms with Crippen molar-refractivity contribution >= 4 is 17.5 Å². The van der Waals surface area contributed by atoms with E-state index in [0.717, 1.165) is 0 Å². The molecule has 2 aromatic heterocycles. The van der Waals surface area contributed by atoms with Gasteiger partial charge in [0.15, 0.2) is 5.82 Å². The van der Waals surface area contributed by atoms with Crippen LogP contribution in [0.5, 0.6) is 0 Å². The van der Waals surface area contributed by atoms with Crippen molar-refractivity contribution in [3.05, 3.63) is 28.8 Å². The van der Waals surface area contributed by atoms with Crippen LogP contribution in [0.4, 0.5) is 5.69 Å². The number of nitrogens with zero attached hydrogens (tertiary/aromatic N) is 4. The van der Waals surface area contributed by atoms with Gasteiger partial charge in [-0.1, -0.05) is 25.9 Å². The van der Waals surface area contributed by atoms with Gasteiger partial charge in [-0.15, -0.1) is 0 Å². The van der Waals surface area contributed by atoms with E-state index in [1.54, 1.807) is 29.0 Å².